The number of carbonyl (C=O) groups is 1. The average molecular weight is 306 g/mol. The number of aromatic nitrogens is 3. The van der Waals surface area contributed by atoms with E-state index < -0.39 is 0 Å². The minimum Gasteiger partial charge on any atom is -0.329 e. The van der Waals surface area contributed by atoms with Gasteiger partial charge in [0, 0.05) is 19.8 Å². The summed E-state index contributed by atoms with van der Waals surface area (Å²) in [4.78, 5) is 23.7. The second-order valence-corrected chi connectivity index (χ2v) is 5.89. The van der Waals surface area contributed by atoms with Crippen LogP contribution in [0.2, 0.25) is 0 Å². The topological polar surface area (TPSA) is 51.0 Å². The number of aryl methyl sites for hydroxylation is 1. The summed E-state index contributed by atoms with van der Waals surface area (Å²) in [6, 6.07) is 13.5. The molecule has 1 unspecified atom stereocenters. The molecule has 3 heterocycles. The Bertz CT molecular complexity index is 856. The second-order valence-electron chi connectivity index (χ2n) is 5.89. The fraction of sp³-hybridized carbons (Fsp3) is 0.278. The normalized spacial score (nSPS) is 17.8. The summed E-state index contributed by atoms with van der Waals surface area (Å²) in [6.07, 6.45) is 3.59. The van der Waals surface area contributed by atoms with Gasteiger partial charge in [0.2, 0.25) is 0 Å². The zero-order valence-corrected chi connectivity index (χ0v) is 13.0. The fourth-order valence-electron chi connectivity index (χ4n) is 3.38. The molecule has 1 amide bonds. The van der Waals surface area contributed by atoms with Crippen molar-refractivity contribution in [2.24, 2.45) is 7.05 Å². The first-order valence-electron chi connectivity index (χ1n) is 7.89. The molecule has 0 aliphatic carbocycles. The molecule has 0 saturated carbocycles. The lowest BCUT2D eigenvalue weighted by Crippen LogP contribution is -2.32. The predicted octanol–water partition coefficient (Wildman–Crippen LogP) is 2.95. The Hall–Kier alpha value is -2.69. The number of nitrogens with zero attached hydrogens (tertiary/aromatic N) is 4. The van der Waals surface area contributed by atoms with Crippen molar-refractivity contribution in [3.05, 3.63) is 60.2 Å². The molecule has 0 radical (unpaired) electrons. The fourth-order valence-corrected chi connectivity index (χ4v) is 3.38. The summed E-state index contributed by atoms with van der Waals surface area (Å²) in [5.74, 6) is 0.938. The molecule has 116 valence electrons. The molecule has 1 aliphatic heterocycles. The van der Waals surface area contributed by atoms with Crippen molar-refractivity contribution in [3.63, 3.8) is 0 Å². The SMILES string of the molecule is Cn1c(C2CCCN2C(=O)c2ccccn2)nc2ccccc21. The van der Waals surface area contributed by atoms with E-state index in [1.807, 2.05) is 42.3 Å². The van der Waals surface area contributed by atoms with Gasteiger partial charge in [-0.25, -0.2) is 4.98 Å². The molecular weight excluding hydrogens is 288 g/mol. The molecule has 1 aliphatic rings. The Morgan fingerprint density at radius 3 is 2.78 bits per heavy atom. The minimum atomic E-state index is -0.0137. The van der Waals surface area contributed by atoms with Gasteiger partial charge in [-0.1, -0.05) is 18.2 Å². The van der Waals surface area contributed by atoms with Crippen LogP contribution in [0.15, 0.2) is 48.7 Å². The van der Waals surface area contributed by atoms with Crippen molar-refractivity contribution in [2.45, 2.75) is 18.9 Å². The maximum absolute atomic E-state index is 12.8. The van der Waals surface area contributed by atoms with Gasteiger partial charge in [0.15, 0.2) is 0 Å². The number of amides is 1. The number of hydrogen-bond donors (Lipinski definition) is 0. The third kappa shape index (κ3) is 2.29. The van der Waals surface area contributed by atoms with E-state index in [0.29, 0.717) is 5.69 Å². The Morgan fingerprint density at radius 2 is 2.00 bits per heavy atom. The van der Waals surface area contributed by atoms with Crippen molar-refractivity contribution >= 4 is 16.9 Å². The molecule has 0 N–H and O–H groups in total. The molecule has 1 aromatic carbocycles. The van der Waals surface area contributed by atoms with Crippen LogP contribution in [-0.4, -0.2) is 31.9 Å². The molecule has 1 saturated heterocycles. The molecule has 23 heavy (non-hydrogen) atoms. The molecule has 3 aromatic rings. The van der Waals surface area contributed by atoms with E-state index in [4.69, 9.17) is 4.98 Å². The zero-order valence-electron chi connectivity index (χ0n) is 13.0. The lowest BCUT2D eigenvalue weighted by Gasteiger charge is -2.24. The number of para-hydroxylation sites is 2. The van der Waals surface area contributed by atoms with Gasteiger partial charge in [-0.15, -0.1) is 0 Å². The summed E-state index contributed by atoms with van der Waals surface area (Å²) in [6.45, 7) is 0.753. The van der Waals surface area contributed by atoms with Crippen molar-refractivity contribution in [1.29, 1.82) is 0 Å². The zero-order chi connectivity index (χ0) is 15.8. The first kappa shape index (κ1) is 13.9. The Morgan fingerprint density at radius 1 is 1.17 bits per heavy atom. The highest BCUT2D eigenvalue weighted by atomic mass is 16.2. The number of rotatable bonds is 2. The number of carbonyl (C=O) groups excluding carboxylic acids is 1. The highest BCUT2D eigenvalue weighted by molar-refractivity contribution is 5.92. The maximum Gasteiger partial charge on any atom is 0.273 e. The van der Waals surface area contributed by atoms with Crippen molar-refractivity contribution < 1.29 is 4.79 Å². The predicted molar refractivity (Wildman–Crippen MR) is 88.0 cm³/mol. The summed E-state index contributed by atoms with van der Waals surface area (Å²) in [7, 11) is 2.02. The van der Waals surface area contributed by atoms with Crippen LogP contribution < -0.4 is 0 Å². The monoisotopic (exact) mass is 306 g/mol. The van der Waals surface area contributed by atoms with E-state index in [1.165, 1.54) is 0 Å². The van der Waals surface area contributed by atoms with E-state index >= 15 is 0 Å². The smallest absolute Gasteiger partial charge is 0.273 e. The molecule has 5 nitrogen and oxygen atoms in total. The highest BCUT2D eigenvalue weighted by Crippen LogP contribution is 2.33. The third-order valence-corrected chi connectivity index (χ3v) is 4.52. The van der Waals surface area contributed by atoms with Crippen LogP contribution in [0.5, 0.6) is 0 Å². The van der Waals surface area contributed by atoms with Gasteiger partial charge >= 0.3 is 0 Å². The van der Waals surface area contributed by atoms with E-state index in [2.05, 4.69) is 15.6 Å². The maximum atomic E-state index is 12.8. The standard InChI is InChI=1S/C18H18N4O/c1-21-15-9-3-2-7-13(15)20-17(21)16-10-6-12-22(16)18(23)14-8-4-5-11-19-14/h2-5,7-9,11,16H,6,10,12H2,1H3. The molecule has 1 atom stereocenters. The van der Waals surface area contributed by atoms with Crippen LogP contribution >= 0.6 is 0 Å². The van der Waals surface area contributed by atoms with Gasteiger partial charge in [-0.05, 0) is 37.1 Å². The summed E-state index contributed by atoms with van der Waals surface area (Å²) in [5.41, 5.74) is 2.57. The van der Waals surface area contributed by atoms with Crippen LogP contribution in [-0.2, 0) is 7.05 Å². The number of pyridine rings is 1. The van der Waals surface area contributed by atoms with Crippen LogP contribution in [0.3, 0.4) is 0 Å². The van der Waals surface area contributed by atoms with Gasteiger partial charge in [-0.3, -0.25) is 9.78 Å². The average Bonchev–Trinajstić information content (AvgIpc) is 3.20. The van der Waals surface area contributed by atoms with Crippen LogP contribution in [0, 0.1) is 0 Å². The largest absolute Gasteiger partial charge is 0.329 e. The first-order valence-corrected chi connectivity index (χ1v) is 7.89. The number of likely N-dealkylation sites (tertiary alicyclic amines) is 1. The number of hydrogen-bond acceptors (Lipinski definition) is 3. The first-order chi connectivity index (χ1) is 11.3. The van der Waals surface area contributed by atoms with E-state index in [-0.39, 0.29) is 11.9 Å². The second kappa shape index (κ2) is 5.50. The Kier molecular flexibility index (Phi) is 3.33. The molecule has 4 rings (SSSR count). The number of fused-ring (bicyclic) bond motifs is 1. The molecule has 1 fully saturated rings. The van der Waals surface area contributed by atoms with Crippen LogP contribution in [0.25, 0.3) is 11.0 Å². The number of imidazole rings is 1. The lowest BCUT2D eigenvalue weighted by molar-refractivity contribution is 0.0722. The van der Waals surface area contributed by atoms with E-state index in [0.717, 1.165) is 36.2 Å². The lowest BCUT2D eigenvalue weighted by atomic mass is 10.2. The third-order valence-electron chi connectivity index (χ3n) is 4.52. The molecule has 0 spiro atoms. The van der Waals surface area contributed by atoms with Gasteiger partial charge in [0.05, 0.1) is 17.1 Å². The van der Waals surface area contributed by atoms with Crippen molar-refractivity contribution in [1.82, 2.24) is 19.4 Å². The molecule has 2 aromatic heterocycles. The van der Waals surface area contributed by atoms with E-state index in [1.54, 1.807) is 12.3 Å². The Balaban J connectivity index is 1.72. The number of benzene rings is 1. The van der Waals surface area contributed by atoms with Gasteiger partial charge in [0.25, 0.3) is 5.91 Å². The molecular formula is C18H18N4O. The Labute approximate surface area is 134 Å². The molecule has 5 heteroatoms. The van der Waals surface area contributed by atoms with Gasteiger partial charge < -0.3 is 9.47 Å². The van der Waals surface area contributed by atoms with Gasteiger partial charge in [0.1, 0.15) is 11.5 Å². The summed E-state index contributed by atoms with van der Waals surface area (Å²) in [5, 5.41) is 0. The van der Waals surface area contributed by atoms with Crippen LogP contribution in [0.4, 0.5) is 0 Å². The van der Waals surface area contributed by atoms with Crippen molar-refractivity contribution in [3.8, 4) is 0 Å². The van der Waals surface area contributed by atoms with Crippen LogP contribution in [0.1, 0.15) is 35.2 Å². The summed E-state index contributed by atoms with van der Waals surface area (Å²) < 4.78 is 2.10. The highest BCUT2D eigenvalue weighted by Gasteiger charge is 2.34. The van der Waals surface area contributed by atoms with Crippen molar-refractivity contribution in [2.75, 3.05) is 6.54 Å². The molecule has 0 bridgehead atoms. The van der Waals surface area contributed by atoms with Gasteiger partial charge in [-0.2, -0.15) is 0 Å². The summed E-state index contributed by atoms with van der Waals surface area (Å²) >= 11 is 0. The van der Waals surface area contributed by atoms with E-state index in [9.17, 15) is 4.79 Å². The minimum absolute atomic E-state index is 0.0137. The quantitative estimate of drug-likeness (QED) is 0.731.